The molecule has 1 aliphatic heterocycles. The third-order valence-electron chi connectivity index (χ3n) is 4.49. The second kappa shape index (κ2) is 6.43. The van der Waals surface area contributed by atoms with Crippen LogP contribution in [-0.2, 0) is 17.8 Å². The van der Waals surface area contributed by atoms with Crippen molar-refractivity contribution in [1.29, 1.82) is 0 Å². The normalized spacial score (nSPS) is 16.6. The number of aromatic nitrogens is 1. The van der Waals surface area contributed by atoms with E-state index >= 15 is 0 Å². The van der Waals surface area contributed by atoms with Crippen molar-refractivity contribution in [2.75, 3.05) is 6.54 Å². The topological polar surface area (TPSA) is 74.4 Å². The summed E-state index contributed by atoms with van der Waals surface area (Å²) in [5, 5.41) is 14.1. The Bertz CT molecular complexity index is 934. The van der Waals surface area contributed by atoms with Crippen molar-refractivity contribution in [3.8, 4) is 5.75 Å². The van der Waals surface area contributed by atoms with Gasteiger partial charge in [0.05, 0.1) is 0 Å². The Morgan fingerprint density at radius 3 is 2.80 bits per heavy atom. The highest BCUT2D eigenvalue weighted by Crippen LogP contribution is 2.32. The smallest absolute Gasteiger partial charge is 0.326 e. The highest BCUT2D eigenvalue weighted by molar-refractivity contribution is 6.30. The first-order valence-corrected chi connectivity index (χ1v) is 8.47. The number of fused-ring (bicyclic) bond motifs is 3. The summed E-state index contributed by atoms with van der Waals surface area (Å²) in [6.07, 6.45) is 0.791. The summed E-state index contributed by atoms with van der Waals surface area (Å²) in [5.41, 5.74) is 3.76. The fraction of sp³-hybridized carbons (Fsp3) is 0.211. The summed E-state index contributed by atoms with van der Waals surface area (Å²) in [6, 6.07) is 12.7. The molecular formula is C19H17ClN2O3. The van der Waals surface area contributed by atoms with E-state index < -0.39 is 12.0 Å². The minimum Gasteiger partial charge on any atom is -0.489 e. The molecule has 0 amide bonds. The molecule has 5 nitrogen and oxygen atoms in total. The SMILES string of the molecule is O=C(O)C1NCCc2c1[nH]c1ccc(OCc3ccc(Cl)cc3)cc21. The first-order valence-electron chi connectivity index (χ1n) is 8.10. The zero-order chi connectivity index (χ0) is 17.4. The van der Waals surface area contributed by atoms with Crippen molar-refractivity contribution < 1.29 is 14.6 Å². The van der Waals surface area contributed by atoms with E-state index in [0.717, 1.165) is 39.9 Å². The molecule has 1 aliphatic rings. The first kappa shape index (κ1) is 16.0. The molecule has 0 saturated heterocycles. The maximum Gasteiger partial charge on any atom is 0.326 e. The minimum atomic E-state index is -0.869. The van der Waals surface area contributed by atoms with Gasteiger partial charge < -0.3 is 14.8 Å². The Morgan fingerprint density at radius 2 is 2.04 bits per heavy atom. The summed E-state index contributed by atoms with van der Waals surface area (Å²) in [6.45, 7) is 1.10. The Balaban J connectivity index is 1.61. The lowest BCUT2D eigenvalue weighted by molar-refractivity contribution is -0.139. The van der Waals surface area contributed by atoms with Crippen molar-refractivity contribution in [1.82, 2.24) is 10.3 Å². The van der Waals surface area contributed by atoms with Crippen LogP contribution in [0.1, 0.15) is 22.9 Å². The zero-order valence-corrected chi connectivity index (χ0v) is 14.1. The number of carboxylic acids is 1. The lowest BCUT2D eigenvalue weighted by Crippen LogP contribution is -2.34. The molecule has 25 heavy (non-hydrogen) atoms. The third-order valence-corrected chi connectivity index (χ3v) is 4.74. The van der Waals surface area contributed by atoms with Crippen LogP contribution >= 0.6 is 11.6 Å². The number of aromatic amines is 1. The van der Waals surface area contributed by atoms with Crippen molar-refractivity contribution in [2.24, 2.45) is 0 Å². The Labute approximate surface area is 149 Å². The molecule has 2 heterocycles. The molecule has 0 spiro atoms. The summed E-state index contributed by atoms with van der Waals surface area (Å²) >= 11 is 5.89. The number of carbonyl (C=O) groups is 1. The van der Waals surface area contributed by atoms with Crippen LogP contribution in [0.15, 0.2) is 42.5 Å². The number of hydrogen-bond donors (Lipinski definition) is 3. The van der Waals surface area contributed by atoms with Gasteiger partial charge in [-0.05, 0) is 47.9 Å². The number of carboxylic acid groups (broad SMARTS) is 1. The summed E-state index contributed by atoms with van der Waals surface area (Å²) < 4.78 is 5.89. The van der Waals surface area contributed by atoms with Crippen LogP contribution < -0.4 is 10.1 Å². The number of benzene rings is 2. The van der Waals surface area contributed by atoms with Gasteiger partial charge in [0.25, 0.3) is 0 Å². The number of rotatable bonds is 4. The molecule has 3 N–H and O–H groups in total. The van der Waals surface area contributed by atoms with E-state index in [-0.39, 0.29) is 0 Å². The molecule has 2 aromatic carbocycles. The number of ether oxygens (including phenoxy) is 1. The second-order valence-electron chi connectivity index (χ2n) is 6.12. The fourth-order valence-corrected chi connectivity index (χ4v) is 3.38. The zero-order valence-electron chi connectivity index (χ0n) is 13.4. The predicted molar refractivity (Wildman–Crippen MR) is 96.2 cm³/mol. The molecule has 1 unspecified atom stereocenters. The van der Waals surface area contributed by atoms with Crippen molar-refractivity contribution >= 4 is 28.5 Å². The van der Waals surface area contributed by atoms with Crippen LogP contribution in [0.2, 0.25) is 5.02 Å². The maximum absolute atomic E-state index is 11.4. The van der Waals surface area contributed by atoms with Crippen LogP contribution in [0, 0.1) is 0 Å². The van der Waals surface area contributed by atoms with E-state index in [2.05, 4.69) is 10.3 Å². The van der Waals surface area contributed by atoms with Gasteiger partial charge in [-0.25, -0.2) is 0 Å². The van der Waals surface area contributed by atoms with Crippen LogP contribution in [-0.4, -0.2) is 22.6 Å². The number of hydrogen-bond acceptors (Lipinski definition) is 3. The summed E-state index contributed by atoms with van der Waals surface area (Å²) in [4.78, 5) is 14.7. The van der Waals surface area contributed by atoms with E-state index in [1.54, 1.807) is 0 Å². The highest BCUT2D eigenvalue weighted by Gasteiger charge is 2.28. The first-order chi connectivity index (χ1) is 12.1. The molecular weight excluding hydrogens is 340 g/mol. The van der Waals surface area contributed by atoms with E-state index in [9.17, 15) is 9.90 Å². The van der Waals surface area contributed by atoms with Gasteiger partial charge in [-0.2, -0.15) is 0 Å². The minimum absolute atomic E-state index is 0.453. The average Bonchev–Trinajstić information content (AvgIpc) is 2.99. The van der Waals surface area contributed by atoms with Crippen LogP contribution in [0.4, 0.5) is 0 Å². The Morgan fingerprint density at radius 1 is 1.24 bits per heavy atom. The monoisotopic (exact) mass is 356 g/mol. The third kappa shape index (κ3) is 3.08. The number of halogens is 1. The molecule has 128 valence electrons. The Kier molecular flexibility index (Phi) is 4.11. The lowest BCUT2D eigenvalue weighted by Gasteiger charge is -2.20. The van der Waals surface area contributed by atoms with Gasteiger partial charge in [0.1, 0.15) is 18.4 Å². The molecule has 0 saturated carbocycles. The largest absolute Gasteiger partial charge is 0.489 e. The van der Waals surface area contributed by atoms with Crippen LogP contribution in [0.5, 0.6) is 5.75 Å². The highest BCUT2D eigenvalue weighted by atomic mass is 35.5. The molecule has 4 rings (SSSR count). The average molecular weight is 357 g/mol. The van der Waals surface area contributed by atoms with Crippen molar-refractivity contribution in [2.45, 2.75) is 19.1 Å². The molecule has 3 aromatic rings. The molecule has 6 heteroatoms. The van der Waals surface area contributed by atoms with E-state index in [4.69, 9.17) is 16.3 Å². The molecule has 1 atom stereocenters. The van der Waals surface area contributed by atoms with Gasteiger partial charge in [0.2, 0.25) is 0 Å². The Hall–Kier alpha value is -2.50. The lowest BCUT2D eigenvalue weighted by atomic mass is 9.99. The van der Waals surface area contributed by atoms with E-state index in [1.807, 2.05) is 42.5 Å². The van der Waals surface area contributed by atoms with Gasteiger partial charge in [0.15, 0.2) is 0 Å². The number of aliphatic carboxylic acids is 1. The molecule has 0 radical (unpaired) electrons. The molecule has 0 aliphatic carbocycles. The predicted octanol–water partition coefficient (Wildman–Crippen LogP) is 3.67. The standard InChI is InChI=1S/C19H17ClN2O3/c20-12-3-1-11(2-4-12)10-25-13-5-6-16-15(9-13)14-7-8-21-18(19(23)24)17(14)22-16/h1-6,9,18,21-22H,7-8,10H2,(H,23,24). The number of nitrogens with one attached hydrogen (secondary N) is 2. The summed E-state index contributed by atoms with van der Waals surface area (Å²) in [7, 11) is 0. The van der Waals surface area contributed by atoms with Crippen molar-refractivity contribution in [3.63, 3.8) is 0 Å². The van der Waals surface area contributed by atoms with Crippen LogP contribution in [0.3, 0.4) is 0 Å². The van der Waals surface area contributed by atoms with Gasteiger partial charge in [-0.3, -0.25) is 10.1 Å². The molecule has 0 fully saturated rings. The maximum atomic E-state index is 11.4. The van der Waals surface area contributed by atoms with Gasteiger partial charge in [0, 0.05) is 28.2 Å². The van der Waals surface area contributed by atoms with Gasteiger partial charge >= 0.3 is 5.97 Å². The fourth-order valence-electron chi connectivity index (χ4n) is 3.25. The summed E-state index contributed by atoms with van der Waals surface area (Å²) in [5.74, 6) is -0.110. The molecule has 0 bridgehead atoms. The second-order valence-corrected chi connectivity index (χ2v) is 6.55. The molecule has 1 aromatic heterocycles. The van der Waals surface area contributed by atoms with Crippen LogP contribution in [0.25, 0.3) is 10.9 Å². The quantitative estimate of drug-likeness (QED) is 0.666. The van der Waals surface area contributed by atoms with E-state index in [0.29, 0.717) is 18.2 Å². The van der Waals surface area contributed by atoms with Crippen molar-refractivity contribution in [3.05, 3.63) is 64.3 Å². The van der Waals surface area contributed by atoms with E-state index in [1.165, 1.54) is 0 Å². The van der Waals surface area contributed by atoms with Gasteiger partial charge in [-0.15, -0.1) is 0 Å². The van der Waals surface area contributed by atoms with Gasteiger partial charge in [-0.1, -0.05) is 23.7 Å². The number of H-pyrrole nitrogens is 1.